The summed E-state index contributed by atoms with van der Waals surface area (Å²) < 4.78 is 38.2. The first kappa shape index (κ1) is 14.3. The Labute approximate surface area is 113 Å². The second-order valence-corrected chi connectivity index (χ2v) is 4.77. The third-order valence-electron chi connectivity index (χ3n) is 2.30. The molecule has 0 unspecified atom stereocenters. The van der Waals surface area contributed by atoms with Crippen LogP contribution in [0.25, 0.3) is 0 Å². The van der Waals surface area contributed by atoms with E-state index in [1.807, 2.05) is 0 Å². The van der Waals surface area contributed by atoms with Crippen molar-refractivity contribution in [1.29, 1.82) is 0 Å². The van der Waals surface area contributed by atoms with Gasteiger partial charge in [-0.15, -0.1) is 0 Å². The minimum atomic E-state index is -4.55. The van der Waals surface area contributed by atoms with E-state index >= 15 is 0 Å². The van der Waals surface area contributed by atoms with Crippen molar-refractivity contribution in [2.24, 2.45) is 0 Å². The number of halogens is 3. The number of hydrogen-bond donors (Lipinski definition) is 2. The van der Waals surface area contributed by atoms with E-state index in [1.165, 1.54) is 18.2 Å². The van der Waals surface area contributed by atoms with Crippen molar-refractivity contribution in [3.05, 3.63) is 56.7 Å². The number of aromatic amines is 1. The molecule has 2 aromatic rings. The van der Waals surface area contributed by atoms with Gasteiger partial charge in [-0.25, -0.2) is 4.79 Å². The molecule has 0 radical (unpaired) electrons. The van der Waals surface area contributed by atoms with Crippen LogP contribution in [-0.4, -0.2) is 14.9 Å². The minimum absolute atomic E-state index is 0.0954. The summed E-state index contributed by atoms with van der Waals surface area (Å²) in [6.45, 7) is 0. The van der Waals surface area contributed by atoms with Crippen LogP contribution in [0.1, 0.15) is 5.56 Å². The van der Waals surface area contributed by atoms with Gasteiger partial charge in [0.05, 0.1) is 10.6 Å². The van der Waals surface area contributed by atoms with Crippen LogP contribution in [-0.2, 0) is 6.18 Å². The van der Waals surface area contributed by atoms with E-state index in [-0.39, 0.29) is 14.7 Å². The molecular weight excluding hydrogens is 297 g/mol. The van der Waals surface area contributed by atoms with Crippen LogP contribution in [0.4, 0.5) is 13.2 Å². The summed E-state index contributed by atoms with van der Waals surface area (Å²) in [6.07, 6.45) is -4.55. The van der Waals surface area contributed by atoms with Gasteiger partial charge in [-0.1, -0.05) is 28.6 Å². The normalized spacial score (nSPS) is 11.6. The highest BCUT2D eigenvalue weighted by atomic mass is 32.2. The Morgan fingerprint density at radius 2 is 1.85 bits per heavy atom. The Hall–Kier alpha value is -2.16. The third kappa shape index (κ3) is 2.87. The summed E-state index contributed by atoms with van der Waals surface area (Å²) in [7, 11) is 0. The summed E-state index contributed by atoms with van der Waals surface area (Å²) in [5.74, 6) is 0. The van der Waals surface area contributed by atoms with Crippen molar-refractivity contribution < 1.29 is 18.4 Å². The first-order chi connectivity index (χ1) is 9.29. The number of hydrogen-bond acceptors (Lipinski definition) is 4. The Balaban J connectivity index is 2.46. The number of rotatable bonds is 2. The van der Waals surface area contributed by atoms with Crippen LogP contribution in [0, 0.1) is 0 Å². The zero-order valence-corrected chi connectivity index (χ0v) is 10.5. The lowest BCUT2D eigenvalue weighted by atomic mass is 10.2. The van der Waals surface area contributed by atoms with Gasteiger partial charge in [0.15, 0.2) is 0 Å². The number of aromatic nitrogens is 2. The van der Waals surface area contributed by atoms with E-state index in [9.17, 15) is 22.8 Å². The zero-order chi connectivity index (χ0) is 14.9. The molecule has 2 rings (SSSR count). The summed E-state index contributed by atoms with van der Waals surface area (Å²) in [5.41, 5.74) is -3.02. The molecule has 0 atom stereocenters. The first-order valence-corrected chi connectivity index (χ1v) is 6.00. The van der Waals surface area contributed by atoms with Crippen LogP contribution in [0.5, 0.6) is 0 Å². The average Bonchev–Trinajstić information content (AvgIpc) is 2.35. The van der Waals surface area contributed by atoms with E-state index in [1.54, 1.807) is 0 Å². The van der Waals surface area contributed by atoms with E-state index in [4.69, 9.17) is 5.21 Å². The SMILES string of the molecule is O=c1cc(Sc2ccccc2C(F)(F)F)[nH]c(=O)n1O. The van der Waals surface area contributed by atoms with Crippen molar-refractivity contribution in [2.45, 2.75) is 16.1 Å². The van der Waals surface area contributed by atoms with Crippen molar-refractivity contribution in [3.63, 3.8) is 0 Å². The van der Waals surface area contributed by atoms with Gasteiger partial charge < -0.3 is 5.21 Å². The maximum Gasteiger partial charge on any atom is 0.417 e. The Kier molecular flexibility index (Phi) is 3.62. The lowest BCUT2D eigenvalue weighted by Gasteiger charge is -2.11. The van der Waals surface area contributed by atoms with Gasteiger partial charge in [-0.05, 0) is 12.1 Å². The van der Waals surface area contributed by atoms with Crippen molar-refractivity contribution in [2.75, 3.05) is 0 Å². The predicted octanol–water partition coefficient (Wildman–Crippen LogP) is 1.94. The molecule has 1 aromatic heterocycles. The molecule has 0 saturated heterocycles. The van der Waals surface area contributed by atoms with Crippen LogP contribution in [0.2, 0.25) is 0 Å². The fourth-order valence-corrected chi connectivity index (χ4v) is 2.41. The maximum atomic E-state index is 12.8. The highest BCUT2D eigenvalue weighted by molar-refractivity contribution is 7.99. The van der Waals surface area contributed by atoms with E-state index in [0.717, 1.165) is 12.1 Å². The molecule has 0 aliphatic carbocycles. The fourth-order valence-electron chi connectivity index (χ4n) is 1.43. The van der Waals surface area contributed by atoms with Gasteiger partial charge >= 0.3 is 11.9 Å². The molecule has 0 fully saturated rings. The molecule has 5 nitrogen and oxygen atoms in total. The quantitative estimate of drug-likeness (QED) is 0.657. The lowest BCUT2D eigenvalue weighted by Crippen LogP contribution is -2.32. The molecule has 0 aliphatic rings. The van der Waals surface area contributed by atoms with Crippen LogP contribution >= 0.6 is 11.8 Å². The molecule has 9 heteroatoms. The van der Waals surface area contributed by atoms with E-state index in [0.29, 0.717) is 11.8 Å². The maximum absolute atomic E-state index is 12.8. The predicted molar refractivity (Wildman–Crippen MR) is 64.1 cm³/mol. The molecular formula is C11H7F3N2O3S. The third-order valence-corrected chi connectivity index (χ3v) is 3.31. The van der Waals surface area contributed by atoms with Gasteiger partial charge in [-0.3, -0.25) is 9.78 Å². The second-order valence-electron chi connectivity index (χ2n) is 3.68. The number of nitrogens with one attached hydrogen (secondary N) is 1. The van der Waals surface area contributed by atoms with Crippen LogP contribution in [0.15, 0.2) is 49.8 Å². The van der Waals surface area contributed by atoms with E-state index < -0.39 is 23.0 Å². The molecule has 0 saturated carbocycles. The number of benzene rings is 1. The lowest BCUT2D eigenvalue weighted by molar-refractivity contribution is -0.139. The first-order valence-electron chi connectivity index (χ1n) is 5.19. The number of H-pyrrole nitrogens is 1. The van der Waals surface area contributed by atoms with Crippen molar-refractivity contribution >= 4 is 11.8 Å². The topological polar surface area (TPSA) is 75.1 Å². The zero-order valence-electron chi connectivity index (χ0n) is 9.64. The minimum Gasteiger partial charge on any atom is -0.421 e. The Bertz CT molecular complexity index is 720. The number of nitrogens with zero attached hydrogens (tertiary/aromatic N) is 1. The molecule has 106 valence electrons. The van der Waals surface area contributed by atoms with Crippen LogP contribution < -0.4 is 11.2 Å². The molecule has 1 heterocycles. The summed E-state index contributed by atoms with van der Waals surface area (Å²) in [5, 5.41) is 8.86. The molecule has 0 bridgehead atoms. The van der Waals surface area contributed by atoms with Gasteiger partial charge in [0, 0.05) is 11.0 Å². The standard InChI is InChI=1S/C11H7F3N2O3S/c12-11(13,14)6-3-1-2-4-7(6)20-8-5-9(17)16(19)10(18)15-8/h1-5,19H,(H,15,18). The molecule has 20 heavy (non-hydrogen) atoms. The molecule has 0 aliphatic heterocycles. The van der Waals surface area contributed by atoms with Gasteiger partial charge in [-0.2, -0.15) is 13.2 Å². The summed E-state index contributed by atoms with van der Waals surface area (Å²) >= 11 is 0.578. The fraction of sp³-hybridized carbons (Fsp3) is 0.0909. The van der Waals surface area contributed by atoms with Gasteiger partial charge in [0.2, 0.25) is 0 Å². The van der Waals surface area contributed by atoms with Crippen LogP contribution in [0.3, 0.4) is 0 Å². The van der Waals surface area contributed by atoms with Gasteiger partial charge in [0.25, 0.3) is 5.56 Å². The molecule has 2 N–H and O–H groups in total. The van der Waals surface area contributed by atoms with Crippen molar-refractivity contribution in [1.82, 2.24) is 9.71 Å². The highest BCUT2D eigenvalue weighted by Gasteiger charge is 2.33. The Morgan fingerprint density at radius 1 is 1.20 bits per heavy atom. The monoisotopic (exact) mass is 304 g/mol. The summed E-state index contributed by atoms with van der Waals surface area (Å²) in [4.78, 5) is 24.3. The summed E-state index contributed by atoms with van der Waals surface area (Å²) in [6, 6.07) is 5.59. The largest absolute Gasteiger partial charge is 0.421 e. The molecule has 0 amide bonds. The number of alkyl halides is 3. The molecule has 1 aromatic carbocycles. The molecule has 0 spiro atoms. The highest BCUT2D eigenvalue weighted by Crippen LogP contribution is 2.38. The average molecular weight is 304 g/mol. The second kappa shape index (κ2) is 5.08. The smallest absolute Gasteiger partial charge is 0.417 e. The van der Waals surface area contributed by atoms with Crippen molar-refractivity contribution in [3.8, 4) is 0 Å². The Morgan fingerprint density at radius 3 is 2.45 bits per heavy atom. The van der Waals surface area contributed by atoms with Gasteiger partial charge in [0.1, 0.15) is 0 Å². The van der Waals surface area contributed by atoms with E-state index in [2.05, 4.69) is 4.98 Å².